The van der Waals surface area contributed by atoms with Crippen LogP contribution in [-0.4, -0.2) is 24.2 Å². The van der Waals surface area contributed by atoms with Gasteiger partial charge in [-0.15, -0.1) is 6.58 Å². The van der Waals surface area contributed by atoms with E-state index in [-0.39, 0.29) is 24.5 Å². The molecule has 3 N–H and O–H groups in total. The van der Waals surface area contributed by atoms with Gasteiger partial charge in [0.2, 0.25) is 0 Å². The number of carboxylic acids is 1. The van der Waals surface area contributed by atoms with Gasteiger partial charge in [-0.3, -0.25) is 14.4 Å². The van der Waals surface area contributed by atoms with Gasteiger partial charge in [0, 0.05) is 6.54 Å². The number of rotatable bonds is 5. The Hall–Kier alpha value is -2.11. The van der Waals surface area contributed by atoms with Crippen molar-refractivity contribution in [2.24, 2.45) is 0 Å². The molecule has 0 atom stereocenters. The molecule has 6 heteroatoms. The lowest BCUT2D eigenvalue weighted by Crippen LogP contribution is -2.44. The summed E-state index contributed by atoms with van der Waals surface area (Å²) >= 11 is 0. The van der Waals surface area contributed by atoms with Crippen LogP contribution >= 0.6 is 0 Å². The Morgan fingerprint density at radius 1 is 1.47 bits per heavy atom. The highest BCUT2D eigenvalue weighted by atomic mass is 16.4. The average molecular weight is 210 g/mol. The molecule has 0 fully saturated rings. The summed E-state index contributed by atoms with van der Waals surface area (Å²) in [7, 11) is 0. The second kappa shape index (κ2) is 3.95. The van der Waals surface area contributed by atoms with Crippen molar-refractivity contribution in [2.75, 3.05) is 23.7 Å². The van der Waals surface area contributed by atoms with E-state index in [1.54, 1.807) is 0 Å². The molecule has 80 valence electrons. The molecule has 0 aliphatic heterocycles. The molecule has 0 unspecified atom stereocenters. The van der Waals surface area contributed by atoms with Gasteiger partial charge in [0.05, 0.1) is 0 Å². The summed E-state index contributed by atoms with van der Waals surface area (Å²) < 4.78 is 0. The highest BCUT2D eigenvalue weighted by Crippen LogP contribution is 2.15. The average Bonchev–Trinajstić information content (AvgIpc) is 2.17. The molecule has 15 heavy (non-hydrogen) atoms. The van der Waals surface area contributed by atoms with Gasteiger partial charge in [0.15, 0.2) is 0 Å². The molecule has 0 aliphatic carbocycles. The van der Waals surface area contributed by atoms with E-state index in [0.717, 1.165) is 0 Å². The number of nitrogens with zero attached hydrogens (tertiary/aromatic N) is 1. The van der Waals surface area contributed by atoms with Gasteiger partial charge in [0.1, 0.15) is 17.9 Å². The van der Waals surface area contributed by atoms with Crippen LogP contribution in [0.25, 0.3) is 0 Å². The highest BCUT2D eigenvalue weighted by Gasteiger charge is 2.24. The molecule has 0 bridgehead atoms. The van der Waals surface area contributed by atoms with E-state index in [2.05, 4.69) is 6.58 Å². The molecule has 0 saturated carbocycles. The number of carbonyl (C=O) groups is 1. The Morgan fingerprint density at radius 2 is 2.07 bits per heavy atom. The third kappa shape index (κ3) is 1.88. The SMILES string of the molecule is C=CCN(CC(=O)O)c1c(N)c(=O)c1=O. The summed E-state index contributed by atoms with van der Waals surface area (Å²) in [5.41, 5.74) is 3.60. The molecule has 0 saturated heterocycles. The molecular weight excluding hydrogens is 200 g/mol. The smallest absolute Gasteiger partial charge is 0.323 e. The minimum Gasteiger partial charge on any atom is -0.480 e. The van der Waals surface area contributed by atoms with Gasteiger partial charge in [-0.2, -0.15) is 0 Å². The molecule has 1 aromatic rings. The van der Waals surface area contributed by atoms with E-state index in [9.17, 15) is 14.4 Å². The van der Waals surface area contributed by atoms with Crippen LogP contribution in [0, 0.1) is 0 Å². The monoisotopic (exact) mass is 210 g/mol. The van der Waals surface area contributed by atoms with Crippen molar-refractivity contribution >= 4 is 17.3 Å². The first kappa shape index (κ1) is 11.0. The van der Waals surface area contributed by atoms with Gasteiger partial charge in [-0.25, -0.2) is 0 Å². The van der Waals surface area contributed by atoms with Crippen molar-refractivity contribution < 1.29 is 9.90 Å². The van der Waals surface area contributed by atoms with Crippen molar-refractivity contribution in [3.05, 3.63) is 33.1 Å². The number of hydrogen-bond donors (Lipinski definition) is 2. The van der Waals surface area contributed by atoms with Crippen LogP contribution in [0.2, 0.25) is 0 Å². The lowest BCUT2D eigenvalue weighted by molar-refractivity contribution is -0.135. The van der Waals surface area contributed by atoms with Crippen molar-refractivity contribution in [3.8, 4) is 0 Å². The fourth-order valence-electron chi connectivity index (χ4n) is 1.27. The van der Waals surface area contributed by atoms with Crippen molar-refractivity contribution in [1.29, 1.82) is 0 Å². The third-order valence-corrected chi connectivity index (χ3v) is 1.91. The second-order valence-corrected chi connectivity index (χ2v) is 2.98. The van der Waals surface area contributed by atoms with Crippen LogP contribution in [0.5, 0.6) is 0 Å². The zero-order valence-corrected chi connectivity index (χ0v) is 7.90. The van der Waals surface area contributed by atoms with Gasteiger partial charge in [-0.1, -0.05) is 6.08 Å². The minimum absolute atomic E-state index is 0.0256. The summed E-state index contributed by atoms with van der Waals surface area (Å²) in [6, 6.07) is 0. The largest absolute Gasteiger partial charge is 0.480 e. The van der Waals surface area contributed by atoms with Crippen LogP contribution in [0.15, 0.2) is 22.2 Å². The second-order valence-electron chi connectivity index (χ2n) is 2.98. The molecule has 0 radical (unpaired) electrons. The van der Waals surface area contributed by atoms with E-state index < -0.39 is 16.8 Å². The number of carboxylic acid groups (broad SMARTS) is 1. The lowest BCUT2D eigenvalue weighted by Gasteiger charge is -2.22. The van der Waals surface area contributed by atoms with Crippen LogP contribution in [0.1, 0.15) is 0 Å². The van der Waals surface area contributed by atoms with E-state index in [4.69, 9.17) is 10.8 Å². The summed E-state index contributed by atoms with van der Waals surface area (Å²) in [6.45, 7) is 3.19. The Balaban J connectivity index is 3.00. The van der Waals surface area contributed by atoms with Crippen molar-refractivity contribution in [3.63, 3.8) is 0 Å². The molecule has 6 nitrogen and oxygen atoms in total. The predicted octanol–water partition coefficient (Wildman–Crippen LogP) is -1.06. The van der Waals surface area contributed by atoms with Crippen LogP contribution in [0.3, 0.4) is 0 Å². The molecule has 0 amide bonds. The normalized spacial score (nSPS) is 10.1. The number of hydrogen-bond acceptors (Lipinski definition) is 5. The number of nitrogens with two attached hydrogens (primary N) is 1. The first-order valence-corrected chi connectivity index (χ1v) is 4.15. The standard InChI is InChI=1S/C9H10N2O4/c1-2-3-11(4-5(12)13)7-6(10)8(14)9(7)15/h2H,1,3-4,10H2,(H,12,13). The summed E-state index contributed by atoms with van der Waals surface area (Å²) in [4.78, 5) is 33.6. The molecule has 0 aromatic heterocycles. The van der Waals surface area contributed by atoms with Crippen LogP contribution in [-0.2, 0) is 4.79 Å². The number of anilines is 2. The first-order chi connectivity index (χ1) is 6.99. The first-order valence-electron chi connectivity index (χ1n) is 4.15. The lowest BCUT2D eigenvalue weighted by atomic mass is 10.1. The molecule has 1 aromatic carbocycles. The maximum Gasteiger partial charge on any atom is 0.323 e. The van der Waals surface area contributed by atoms with Crippen molar-refractivity contribution in [2.45, 2.75) is 0 Å². The Morgan fingerprint density at radius 3 is 2.47 bits per heavy atom. The number of nitrogen functional groups attached to an aromatic ring is 1. The van der Waals surface area contributed by atoms with E-state index in [1.807, 2.05) is 0 Å². The molecule has 0 aliphatic rings. The fourth-order valence-corrected chi connectivity index (χ4v) is 1.27. The summed E-state index contributed by atoms with van der Waals surface area (Å²) in [5.74, 6) is -1.11. The van der Waals surface area contributed by atoms with E-state index in [0.29, 0.717) is 0 Å². The molecule has 0 spiro atoms. The quantitative estimate of drug-likeness (QED) is 0.474. The molecule has 1 rings (SSSR count). The third-order valence-electron chi connectivity index (χ3n) is 1.91. The van der Waals surface area contributed by atoms with Gasteiger partial charge < -0.3 is 15.7 Å². The predicted molar refractivity (Wildman–Crippen MR) is 55.8 cm³/mol. The maximum absolute atomic E-state index is 11.1. The molecular formula is C9H10N2O4. The number of aliphatic carboxylic acids is 1. The molecule has 0 heterocycles. The highest BCUT2D eigenvalue weighted by molar-refractivity contribution is 5.79. The summed E-state index contributed by atoms with van der Waals surface area (Å²) in [6.07, 6.45) is 1.43. The Labute approximate surface area is 84.9 Å². The Bertz CT molecular complexity index is 470. The van der Waals surface area contributed by atoms with E-state index in [1.165, 1.54) is 11.0 Å². The topological polar surface area (TPSA) is 101 Å². The minimum atomic E-state index is -1.11. The maximum atomic E-state index is 11.1. The van der Waals surface area contributed by atoms with Crippen LogP contribution < -0.4 is 21.5 Å². The van der Waals surface area contributed by atoms with Gasteiger partial charge >= 0.3 is 5.97 Å². The van der Waals surface area contributed by atoms with Crippen LogP contribution in [0.4, 0.5) is 11.4 Å². The van der Waals surface area contributed by atoms with Gasteiger partial charge in [-0.05, 0) is 0 Å². The zero-order chi connectivity index (χ0) is 11.6. The Kier molecular flexibility index (Phi) is 2.89. The fraction of sp³-hybridized carbons (Fsp3) is 0.222. The summed E-state index contributed by atoms with van der Waals surface area (Å²) in [5, 5.41) is 8.58. The van der Waals surface area contributed by atoms with E-state index >= 15 is 0 Å². The zero-order valence-electron chi connectivity index (χ0n) is 7.90. The van der Waals surface area contributed by atoms with Crippen molar-refractivity contribution in [1.82, 2.24) is 0 Å². The van der Waals surface area contributed by atoms with Gasteiger partial charge in [0.25, 0.3) is 10.9 Å².